The second-order valence-electron chi connectivity index (χ2n) is 5.05. The molecule has 0 atom stereocenters. The van der Waals surface area contributed by atoms with E-state index in [4.69, 9.17) is 16.3 Å². The van der Waals surface area contributed by atoms with Crippen molar-refractivity contribution in [2.24, 2.45) is 0 Å². The molecular weight excluding hydrogens is 352 g/mol. The van der Waals surface area contributed by atoms with Crippen molar-refractivity contribution in [3.63, 3.8) is 0 Å². The molecule has 0 amide bonds. The first-order valence-electron chi connectivity index (χ1n) is 7.69. The molecule has 0 aliphatic heterocycles. The fraction of sp³-hybridized carbons (Fsp3) is 0. The third-order valence-electron chi connectivity index (χ3n) is 3.21. The van der Waals surface area contributed by atoms with Crippen LogP contribution in [0.25, 0.3) is 0 Å². The van der Waals surface area contributed by atoms with Crippen LogP contribution >= 0.6 is 11.6 Å². The van der Waals surface area contributed by atoms with Gasteiger partial charge in [-0.25, -0.2) is 9.59 Å². The van der Waals surface area contributed by atoms with Gasteiger partial charge >= 0.3 is 11.9 Å². The molecule has 0 aliphatic rings. The van der Waals surface area contributed by atoms with Crippen LogP contribution in [0.4, 0.5) is 0 Å². The number of halogens is 1. The number of carbonyl (C=O) groups excluding carboxylic acids is 3. The Bertz CT molecular complexity index is 813. The number of ether oxygens (including phenoxy) is 1. The lowest BCUT2D eigenvalue weighted by Gasteiger charge is -2.02. The highest BCUT2D eigenvalue weighted by atomic mass is 35.5. The average Bonchev–Trinajstić information content (AvgIpc) is 2.70. The minimum Gasteiger partial charge on any atom is -0.386 e. The second-order valence-corrected chi connectivity index (χ2v) is 5.39. The Balaban J connectivity index is 0.000000228. The molecule has 0 fully saturated rings. The van der Waals surface area contributed by atoms with Crippen LogP contribution in [0.1, 0.15) is 31.1 Å². The maximum atomic E-state index is 11.6. The molecule has 26 heavy (non-hydrogen) atoms. The molecule has 0 radical (unpaired) electrons. The summed E-state index contributed by atoms with van der Waals surface area (Å²) in [7, 11) is 0. The monoisotopic (exact) mass is 366 g/mol. The molecule has 4 nitrogen and oxygen atoms in total. The first-order chi connectivity index (χ1) is 12.6. The van der Waals surface area contributed by atoms with Crippen molar-refractivity contribution >= 4 is 28.8 Å². The largest absolute Gasteiger partial charge is 0.386 e. The molecule has 3 rings (SSSR count). The molecule has 3 aromatic rings. The first kappa shape index (κ1) is 19.1. The molecule has 130 valence electrons. The average molecular weight is 367 g/mol. The van der Waals surface area contributed by atoms with Gasteiger partial charge in [-0.15, -0.1) is 0 Å². The number of rotatable bonds is 3. The van der Waals surface area contributed by atoms with E-state index in [1.165, 1.54) is 0 Å². The zero-order valence-electron chi connectivity index (χ0n) is 13.7. The topological polar surface area (TPSA) is 60.4 Å². The van der Waals surface area contributed by atoms with Crippen LogP contribution in [-0.2, 0) is 4.74 Å². The number of carbonyl (C=O) groups is 3. The van der Waals surface area contributed by atoms with Crippen LogP contribution in [0.5, 0.6) is 0 Å². The van der Waals surface area contributed by atoms with E-state index in [1.54, 1.807) is 84.9 Å². The third kappa shape index (κ3) is 6.00. The van der Waals surface area contributed by atoms with Gasteiger partial charge in [-0.3, -0.25) is 4.79 Å². The number of hydrogen-bond donors (Lipinski definition) is 0. The molecule has 5 heteroatoms. The van der Waals surface area contributed by atoms with Crippen LogP contribution in [-0.4, -0.2) is 17.2 Å². The van der Waals surface area contributed by atoms with E-state index in [2.05, 4.69) is 0 Å². The summed E-state index contributed by atoms with van der Waals surface area (Å²) in [6.07, 6.45) is 0. The lowest BCUT2D eigenvalue weighted by atomic mass is 10.2. The van der Waals surface area contributed by atoms with Gasteiger partial charge in [0.05, 0.1) is 11.1 Å². The van der Waals surface area contributed by atoms with Crippen molar-refractivity contribution in [1.29, 1.82) is 0 Å². The third-order valence-corrected chi connectivity index (χ3v) is 3.42. The van der Waals surface area contributed by atoms with Crippen molar-refractivity contribution in [3.05, 3.63) is 108 Å². The molecule has 0 N–H and O–H groups in total. The van der Waals surface area contributed by atoms with Gasteiger partial charge in [-0.05, 0) is 35.9 Å². The molecule has 0 aromatic heterocycles. The maximum Gasteiger partial charge on any atom is 0.346 e. The van der Waals surface area contributed by atoms with Gasteiger partial charge in [0.1, 0.15) is 0 Å². The predicted octanol–water partition coefficient (Wildman–Crippen LogP) is 4.75. The van der Waals surface area contributed by atoms with Crippen LogP contribution in [0.15, 0.2) is 91.0 Å². The van der Waals surface area contributed by atoms with Gasteiger partial charge in [0, 0.05) is 5.56 Å². The molecular formula is C21H15ClO4. The summed E-state index contributed by atoms with van der Waals surface area (Å²) < 4.78 is 4.74. The minimum absolute atomic E-state index is 0.358. The lowest BCUT2D eigenvalue weighted by molar-refractivity contribution is 0.0397. The SMILES string of the molecule is O=C(Cl)c1ccccc1.O=C(OC(=O)c1ccccc1)c1ccccc1. The number of benzene rings is 3. The van der Waals surface area contributed by atoms with Crippen molar-refractivity contribution in [3.8, 4) is 0 Å². The second kappa shape index (κ2) is 9.91. The summed E-state index contributed by atoms with van der Waals surface area (Å²) >= 11 is 5.16. The van der Waals surface area contributed by atoms with Crippen LogP contribution in [0, 0.1) is 0 Å². The van der Waals surface area contributed by atoms with E-state index in [0.717, 1.165) is 0 Å². The Morgan fingerprint density at radius 2 is 0.846 bits per heavy atom. The molecule has 0 saturated carbocycles. The van der Waals surface area contributed by atoms with Crippen molar-refractivity contribution in [2.45, 2.75) is 0 Å². The van der Waals surface area contributed by atoms with Gasteiger partial charge in [0.15, 0.2) is 0 Å². The Labute approximate surface area is 156 Å². The Hall–Kier alpha value is -3.24. The molecule has 0 spiro atoms. The summed E-state index contributed by atoms with van der Waals surface area (Å²) in [6, 6.07) is 25.5. The van der Waals surface area contributed by atoms with E-state index in [-0.39, 0.29) is 0 Å². The number of hydrogen-bond acceptors (Lipinski definition) is 4. The molecule has 0 aliphatic carbocycles. The fourth-order valence-corrected chi connectivity index (χ4v) is 2.05. The fourth-order valence-electron chi connectivity index (χ4n) is 1.92. The highest BCUT2D eigenvalue weighted by Crippen LogP contribution is 2.06. The van der Waals surface area contributed by atoms with Gasteiger partial charge < -0.3 is 4.74 Å². The lowest BCUT2D eigenvalue weighted by Crippen LogP contribution is -2.12. The van der Waals surface area contributed by atoms with E-state index >= 15 is 0 Å². The normalized spacial score (nSPS) is 9.42. The van der Waals surface area contributed by atoms with Crippen molar-refractivity contribution in [2.75, 3.05) is 0 Å². The van der Waals surface area contributed by atoms with Gasteiger partial charge in [-0.2, -0.15) is 0 Å². The first-order valence-corrected chi connectivity index (χ1v) is 8.07. The van der Waals surface area contributed by atoms with E-state index < -0.39 is 17.2 Å². The van der Waals surface area contributed by atoms with E-state index in [9.17, 15) is 14.4 Å². The van der Waals surface area contributed by atoms with Gasteiger partial charge in [0.25, 0.3) is 5.24 Å². The zero-order valence-corrected chi connectivity index (χ0v) is 14.4. The summed E-state index contributed by atoms with van der Waals surface area (Å²) in [6.45, 7) is 0. The predicted molar refractivity (Wildman–Crippen MR) is 99.3 cm³/mol. The van der Waals surface area contributed by atoms with Crippen molar-refractivity contribution in [1.82, 2.24) is 0 Å². The minimum atomic E-state index is -0.639. The molecule has 0 saturated heterocycles. The van der Waals surface area contributed by atoms with Crippen molar-refractivity contribution < 1.29 is 19.1 Å². The molecule has 0 bridgehead atoms. The highest BCUT2D eigenvalue weighted by Gasteiger charge is 2.13. The number of esters is 2. The Morgan fingerprint density at radius 3 is 1.12 bits per heavy atom. The van der Waals surface area contributed by atoms with Crippen LogP contribution in [0.2, 0.25) is 0 Å². The maximum absolute atomic E-state index is 11.6. The Kier molecular flexibility index (Phi) is 7.28. The highest BCUT2D eigenvalue weighted by molar-refractivity contribution is 6.67. The summed E-state index contributed by atoms with van der Waals surface area (Å²) in [5.74, 6) is -1.28. The van der Waals surface area contributed by atoms with Gasteiger partial charge in [0.2, 0.25) is 0 Å². The van der Waals surface area contributed by atoms with E-state index in [1.807, 2.05) is 6.07 Å². The molecule has 0 heterocycles. The summed E-state index contributed by atoms with van der Waals surface area (Å²) in [5.41, 5.74) is 1.26. The van der Waals surface area contributed by atoms with E-state index in [0.29, 0.717) is 16.7 Å². The smallest absolute Gasteiger partial charge is 0.346 e. The summed E-state index contributed by atoms with van der Waals surface area (Å²) in [5, 5.41) is -0.407. The Morgan fingerprint density at radius 1 is 0.538 bits per heavy atom. The molecule has 0 unspecified atom stereocenters. The van der Waals surface area contributed by atoms with Gasteiger partial charge in [-0.1, -0.05) is 66.7 Å². The standard InChI is InChI=1S/C14H10O3.C7H5ClO/c15-13(11-7-3-1-4-8-11)17-14(16)12-9-5-2-6-10-12;8-7(9)6-4-2-1-3-5-6/h1-10H;1-5H. The van der Waals surface area contributed by atoms with Crippen LogP contribution in [0.3, 0.4) is 0 Å². The van der Waals surface area contributed by atoms with Crippen LogP contribution < -0.4 is 0 Å². The molecule has 3 aromatic carbocycles. The zero-order chi connectivity index (χ0) is 18.8. The quantitative estimate of drug-likeness (QED) is 0.381. The summed E-state index contributed by atoms with van der Waals surface area (Å²) in [4.78, 5) is 33.6.